The average Bonchev–Trinajstić information content (AvgIpc) is 1.00. The van der Waals surface area contributed by atoms with E-state index in [1.165, 1.54) is 0 Å². The monoisotopic (exact) mass is 165 g/mol. The van der Waals surface area contributed by atoms with Crippen LogP contribution in [0.1, 0.15) is 1.43 Å². The van der Waals surface area contributed by atoms with Gasteiger partial charge in [-0.25, -0.2) is 0 Å². The molecule has 0 bridgehead atoms. The van der Waals surface area contributed by atoms with E-state index in [2.05, 4.69) is 0 Å². The fourth-order valence-electron chi connectivity index (χ4n) is 0. The molecule has 0 saturated heterocycles. The number of hydrogen-bond acceptors (Lipinski definition) is 1. The van der Waals surface area contributed by atoms with Gasteiger partial charge in [0.1, 0.15) is 0 Å². The molecule has 0 atom stereocenters. The quantitative estimate of drug-likeness (QED) is 0.281. The molecule has 0 aromatic heterocycles. The summed E-state index contributed by atoms with van der Waals surface area (Å²) in [5.41, 5.74) is 0. The molecule has 0 heterocycles. The van der Waals surface area contributed by atoms with E-state index in [9.17, 15) is 0 Å². The summed E-state index contributed by atoms with van der Waals surface area (Å²) in [6.45, 7) is 4.75. The Balaban J connectivity index is -0.000000000833. The Bertz CT molecular complexity index is 20.3. The van der Waals surface area contributed by atoms with Gasteiger partial charge in [-0.1, -0.05) is 0 Å². The Kier molecular flexibility index (Phi) is 307. The van der Waals surface area contributed by atoms with E-state index in [1.54, 1.807) is 0 Å². The Morgan fingerprint density at radius 3 is 1.40 bits per heavy atom. The van der Waals surface area contributed by atoms with Crippen molar-refractivity contribution in [3.63, 3.8) is 0 Å². The Morgan fingerprint density at radius 2 is 1.40 bits per heavy atom. The maximum Gasteiger partial charge on any atom is 1.00 e. The second-order valence-corrected chi connectivity index (χ2v) is 0. The van der Waals surface area contributed by atoms with E-state index in [0.29, 0.717) is 0 Å². The fourth-order valence-corrected chi connectivity index (χ4v) is 0. The first-order valence-electron chi connectivity index (χ1n) is 0.224. The summed E-state index contributed by atoms with van der Waals surface area (Å²) in [5, 5.41) is 6.25. The first-order valence-corrected chi connectivity index (χ1v) is 0.224. The van der Waals surface area contributed by atoms with Crippen LogP contribution in [0.4, 0.5) is 0 Å². The molecule has 0 rings (SSSR count). The predicted molar refractivity (Wildman–Crippen MR) is 6.08 cm³/mol. The number of rotatable bonds is 0. The SMILES string of the molecule is [C-]#N.[Co].[Fe].[H-].[Na+]. The van der Waals surface area contributed by atoms with Crippen LogP contribution in [0, 0.1) is 11.8 Å². The minimum absolute atomic E-state index is 0. The van der Waals surface area contributed by atoms with E-state index in [4.69, 9.17) is 11.8 Å². The molecule has 0 fully saturated rings. The Hall–Kier alpha value is 1.52. The molecule has 0 spiro atoms. The molecule has 0 aliphatic heterocycles. The van der Waals surface area contributed by atoms with Gasteiger partial charge in [0.25, 0.3) is 0 Å². The van der Waals surface area contributed by atoms with Crippen LogP contribution in [0.15, 0.2) is 0 Å². The number of hydrogen-bond donors (Lipinski definition) is 0. The van der Waals surface area contributed by atoms with Gasteiger partial charge in [-0.05, 0) is 0 Å². The molecule has 0 N–H and O–H groups in total. The van der Waals surface area contributed by atoms with Crippen molar-refractivity contribution in [1.29, 1.82) is 5.26 Å². The molecule has 0 aliphatic carbocycles. The van der Waals surface area contributed by atoms with E-state index in [-0.39, 0.29) is 64.8 Å². The fraction of sp³-hybridized carbons (Fsp3) is 0. The summed E-state index contributed by atoms with van der Waals surface area (Å²) in [6, 6.07) is 0. The first kappa shape index (κ1) is 31.3. The third-order valence-electron chi connectivity index (χ3n) is 0. The molecule has 5 heavy (non-hydrogen) atoms. The minimum atomic E-state index is 0. The molecule has 0 aromatic rings. The summed E-state index contributed by atoms with van der Waals surface area (Å²) in [6.07, 6.45) is 0. The van der Waals surface area contributed by atoms with Gasteiger partial charge >= 0.3 is 29.6 Å². The zero-order chi connectivity index (χ0) is 2.00. The minimum Gasteiger partial charge on any atom is -1.00 e. The molecule has 0 aliphatic rings. The van der Waals surface area contributed by atoms with Crippen molar-refractivity contribution in [1.82, 2.24) is 0 Å². The van der Waals surface area contributed by atoms with Crippen molar-refractivity contribution >= 4 is 0 Å². The third-order valence-corrected chi connectivity index (χ3v) is 0. The van der Waals surface area contributed by atoms with Gasteiger partial charge in [-0.2, -0.15) is 0 Å². The van der Waals surface area contributed by atoms with Crippen molar-refractivity contribution in [3.8, 4) is 0 Å². The van der Waals surface area contributed by atoms with E-state index < -0.39 is 0 Å². The van der Waals surface area contributed by atoms with Gasteiger partial charge < -0.3 is 13.3 Å². The molecule has 29 valence electrons. The molecule has 4 heteroatoms. The first-order chi connectivity index (χ1) is 1.00. The average molecular weight is 165 g/mol. The van der Waals surface area contributed by atoms with E-state index in [0.717, 1.165) is 0 Å². The van der Waals surface area contributed by atoms with Crippen LogP contribution in [-0.4, -0.2) is 0 Å². The third kappa shape index (κ3) is 29.7. The summed E-state index contributed by atoms with van der Waals surface area (Å²) >= 11 is 0. The van der Waals surface area contributed by atoms with Crippen molar-refractivity contribution in [2.45, 2.75) is 0 Å². The predicted octanol–water partition coefficient (Wildman–Crippen LogP) is -2.79. The zero-order valence-electron chi connectivity index (χ0n) is 3.63. The van der Waals surface area contributed by atoms with Crippen molar-refractivity contribution in [2.75, 3.05) is 0 Å². The van der Waals surface area contributed by atoms with Crippen LogP contribution >= 0.6 is 0 Å². The van der Waals surface area contributed by atoms with Crippen molar-refractivity contribution < 1.29 is 64.8 Å². The maximum absolute atomic E-state index is 6.25. The molecule has 0 amide bonds. The molecule has 1 nitrogen and oxygen atoms in total. The largest absolute Gasteiger partial charge is 1.00 e. The molecular formula is CHCoFeNNa-. The standard InChI is InChI=1S/CN.Co.Fe.Na.H/c1-2;;;;/q-1;;;+1;-1. The molecular weight excluding hydrogens is 164 g/mol. The molecule has 1 radical (unpaired) electrons. The van der Waals surface area contributed by atoms with Gasteiger partial charge in [-0.15, -0.1) is 0 Å². The van der Waals surface area contributed by atoms with Gasteiger partial charge in [0, 0.05) is 33.8 Å². The van der Waals surface area contributed by atoms with Gasteiger partial charge in [0.05, 0.1) is 0 Å². The zero-order valence-corrected chi connectivity index (χ0v) is 6.78. The van der Waals surface area contributed by atoms with Gasteiger partial charge in [-0.3, -0.25) is 0 Å². The van der Waals surface area contributed by atoms with Crippen molar-refractivity contribution in [2.24, 2.45) is 0 Å². The summed E-state index contributed by atoms with van der Waals surface area (Å²) in [7, 11) is 0. The Labute approximate surface area is 75.9 Å². The summed E-state index contributed by atoms with van der Waals surface area (Å²) in [4.78, 5) is 0. The summed E-state index contributed by atoms with van der Waals surface area (Å²) in [5.74, 6) is 0. The van der Waals surface area contributed by atoms with Gasteiger partial charge in [0.15, 0.2) is 0 Å². The van der Waals surface area contributed by atoms with Gasteiger partial charge in [0.2, 0.25) is 0 Å². The second-order valence-electron chi connectivity index (χ2n) is 0. The van der Waals surface area contributed by atoms with Crippen LogP contribution in [0.5, 0.6) is 0 Å². The normalized spacial score (nSPS) is 0.400. The van der Waals surface area contributed by atoms with Crippen LogP contribution in [-0.2, 0) is 33.8 Å². The van der Waals surface area contributed by atoms with Crippen LogP contribution < -0.4 is 29.6 Å². The van der Waals surface area contributed by atoms with E-state index in [1.807, 2.05) is 0 Å². The number of nitrogens with zero attached hydrogens (tertiary/aromatic N) is 1. The van der Waals surface area contributed by atoms with Crippen LogP contribution in [0.2, 0.25) is 0 Å². The van der Waals surface area contributed by atoms with Crippen molar-refractivity contribution in [3.05, 3.63) is 6.57 Å². The van der Waals surface area contributed by atoms with Crippen LogP contribution in [0.25, 0.3) is 0 Å². The smallest absolute Gasteiger partial charge is 1.00 e. The molecule has 0 unspecified atom stereocenters. The molecule has 0 aromatic carbocycles. The Morgan fingerprint density at radius 1 is 1.40 bits per heavy atom. The maximum atomic E-state index is 6.25. The topological polar surface area (TPSA) is 23.8 Å². The van der Waals surface area contributed by atoms with Crippen LogP contribution in [0.3, 0.4) is 0 Å². The second kappa shape index (κ2) is 48.9. The summed E-state index contributed by atoms with van der Waals surface area (Å²) < 4.78 is 0. The molecule has 0 saturated carbocycles. The van der Waals surface area contributed by atoms with E-state index >= 15 is 0 Å².